The lowest BCUT2D eigenvalue weighted by Gasteiger charge is -2.22. The molecule has 6 nitrogen and oxygen atoms in total. The second kappa shape index (κ2) is 6.63. The molecule has 0 bridgehead atoms. The van der Waals surface area contributed by atoms with Crippen molar-refractivity contribution in [2.24, 2.45) is 5.92 Å². The van der Waals surface area contributed by atoms with Gasteiger partial charge in [-0.05, 0) is 24.3 Å². The largest absolute Gasteiger partial charge is 0.497 e. The summed E-state index contributed by atoms with van der Waals surface area (Å²) >= 11 is 0. The van der Waals surface area contributed by atoms with Crippen LogP contribution in [0, 0.1) is 5.92 Å². The van der Waals surface area contributed by atoms with Crippen LogP contribution in [0.25, 0.3) is 0 Å². The molecule has 6 heteroatoms. The first-order chi connectivity index (χ1) is 8.93. The van der Waals surface area contributed by atoms with Crippen LogP contribution in [0.3, 0.4) is 0 Å². The van der Waals surface area contributed by atoms with Crippen molar-refractivity contribution in [3.8, 4) is 5.75 Å². The zero-order valence-corrected chi connectivity index (χ0v) is 10.9. The van der Waals surface area contributed by atoms with E-state index in [9.17, 15) is 9.59 Å². The molecular formula is C13H17NO5. The van der Waals surface area contributed by atoms with Gasteiger partial charge in [-0.15, -0.1) is 0 Å². The molecule has 2 N–H and O–H groups in total. The monoisotopic (exact) mass is 267 g/mol. The van der Waals surface area contributed by atoms with E-state index in [1.165, 1.54) is 0 Å². The minimum absolute atomic E-state index is 0.133. The van der Waals surface area contributed by atoms with Gasteiger partial charge < -0.3 is 19.8 Å². The lowest BCUT2D eigenvalue weighted by atomic mass is 10.1. The third-order valence-electron chi connectivity index (χ3n) is 2.78. The topological polar surface area (TPSA) is 87.1 Å². The van der Waals surface area contributed by atoms with Crippen LogP contribution < -0.4 is 9.64 Å². The predicted octanol–water partition coefficient (Wildman–Crippen LogP) is 1.31. The van der Waals surface area contributed by atoms with Crippen molar-refractivity contribution in [2.75, 3.05) is 25.6 Å². The molecule has 0 amide bonds. The summed E-state index contributed by atoms with van der Waals surface area (Å²) in [5.41, 5.74) is 0.803. The molecule has 0 saturated carbocycles. The molecule has 0 spiro atoms. The van der Waals surface area contributed by atoms with Crippen LogP contribution in [-0.2, 0) is 9.59 Å². The van der Waals surface area contributed by atoms with Crippen LogP contribution in [0.15, 0.2) is 24.3 Å². The second-order valence-electron chi connectivity index (χ2n) is 4.21. The molecule has 1 aromatic carbocycles. The average Bonchev–Trinajstić information content (AvgIpc) is 2.37. The Morgan fingerprint density at radius 1 is 1.26 bits per heavy atom. The second-order valence-corrected chi connectivity index (χ2v) is 4.21. The molecule has 1 aromatic rings. The Morgan fingerprint density at radius 2 is 1.84 bits per heavy atom. The summed E-state index contributed by atoms with van der Waals surface area (Å²) in [6, 6.07) is 7.11. The number of hydrogen-bond donors (Lipinski definition) is 2. The molecule has 0 radical (unpaired) electrons. The molecule has 0 aliphatic heterocycles. The molecule has 0 aromatic heterocycles. The molecule has 19 heavy (non-hydrogen) atoms. The van der Waals surface area contributed by atoms with Crippen LogP contribution in [0.1, 0.15) is 6.42 Å². The third-order valence-corrected chi connectivity index (χ3v) is 2.78. The minimum atomic E-state index is -1.12. The van der Waals surface area contributed by atoms with E-state index in [2.05, 4.69) is 0 Å². The SMILES string of the molecule is COc1ccc(N(C)CC(CC(=O)O)C(=O)O)cc1. The Morgan fingerprint density at radius 3 is 2.26 bits per heavy atom. The van der Waals surface area contributed by atoms with Crippen LogP contribution >= 0.6 is 0 Å². The van der Waals surface area contributed by atoms with Crippen LogP contribution in [0.2, 0.25) is 0 Å². The van der Waals surface area contributed by atoms with Crippen molar-refractivity contribution in [3.63, 3.8) is 0 Å². The number of benzene rings is 1. The van der Waals surface area contributed by atoms with Crippen molar-refractivity contribution in [2.45, 2.75) is 6.42 Å². The maximum atomic E-state index is 11.0. The molecule has 0 heterocycles. The van der Waals surface area contributed by atoms with E-state index in [4.69, 9.17) is 14.9 Å². The highest BCUT2D eigenvalue weighted by Gasteiger charge is 2.22. The molecule has 1 atom stereocenters. The highest BCUT2D eigenvalue weighted by molar-refractivity contribution is 5.78. The average molecular weight is 267 g/mol. The molecule has 1 unspecified atom stereocenters. The zero-order valence-electron chi connectivity index (χ0n) is 10.9. The summed E-state index contributed by atoms with van der Waals surface area (Å²) in [5.74, 6) is -2.46. The van der Waals surface area contributed by atoms with Crippen molar-refractivity contribution < 1.29 is 24.5 Å². The Balaban J connectivity index is 2.72. The maximum absolute atomic E-state index is 11.0. The summed E-state index contributed by atoms with van der Waals surface area (Å²) in [6.45, 7) is 0.133. The van der Waals surface area contributed by atoms with E-state index >= 15 is 0 Å². The van der Waals surface area contributed by atoms with Gasteiger partial charge >= 0.3 is 11.9 Å². The van der Waals surface area contributed by atoms with E-state index in [0.717, 1.165) is 5.69 Å². The number of hydrogen-bond acceptors (Lipinski definition) is 4. The van der Waals surface area contributed by atoms with E-state index in [1.807, 2.05) is 0 Å². The van der Waals surface area contributed by atoms with Crippen molar-refractivity contribution in [3.05, 3.63) is 24.3 Å². The van der Waals surface area contributed by atoms with Gasteiger partial charge in [0.1, 0.15) is 5.75 Å². The van der Waals surface area contributed by atoms with Crippen molar-refractivity contribution >= 4 is 17.6 Å². The van der Waals surface area contributed by atoms with Gasteiger partial charge in [-0.2, -0.15) is 0 Å². The van der Waals surface area contributed by atoms with Gasteiger partial charge in [-0.1, -0.05) is 0 Å². The first kappa shape index (κ1) is 14.8. The first-order valence-electron chi connectivity index (χ1n) is 5.73. The molecule has 0 aliphatic carbocycles. The molecule has 0 aliphatic rings. The number of carboxylic acids is 2. The van der Waals surface area contributed by atoms with Gasteiger partial charge in [0.05, 0.1) is 19.4 Å². The highest BCUT2D eigenvalue weighted by atomic mass is 16.5. The summed E-state index contributed by atoms with van der Waals surface area (Å²) < 4.78 is 5.03. The van der Waals surface area contributed by atoms with Crippen LogP contribution in [0.4, 0.5) is 5.69 Å². The van der Waals surface area contributed by atoms with E-state index in [0.29, 0.717) is 5.75 Å². The van der Waals surface area contributed by atoms with Gasteiger partial charge in [0.25, 0.3) is 0 Å². The number of nitrogens with zero attached hydrogens (tertiary/aromatic N) is 1. The molecule has 0 fully saturated rings. The number of ether oxygens (including phenoxy) is 1. The summed E-state index contributed by atoms with van der Waals surface area (Å²) in [5, 5.41) is 17.7. The quantitative estimate of drug-likeness (QED) is 0.774. The first-order valence-corrected chi connectivity index (χ1v) is 5.73. The summed E-state index contributed by atoms with van der Waals surface area (Å²) in [7, 11) is 3.28. The lowest BCUT2D eigenvalue weighted by molar-refractivity contribution is -0.147. The Kier molecular flexibility index (Phi) is 5.17. The Labute approximate surface area is 111 Å². The van der Waals surface area contributed by atoms with E-state index in [-0.39, 0.29) is 6.54 Å². The van der Waals surface area contributed by atoms with Gasteiger partial charge in [0.2, 0.25) is 0 Å². The molecular weight excluding hydrogens is 250 g/mol. The normalized spacial score (nSPS) is 11.7. The number of methoxy groups -OCH3 is 1. The molecule has 1 rings (SSSR count). The maximum Gasteiger partial charge on any atom is 0.308 e. The smallest absolute Gasteiger partial charge is 0.308 e. The number of rotatable bonds is 7. The van der Waals surface area contributed by atoms with E-state index < -0.39 is 24.3 Å². The van der Waals surface area contributed by atoms with Gasteiger partial charge in [-0.25, -0.2) is 0 Å². The van der Waals surface area contributed by atoms with Crippen molar-refractivity contribution in [1.82, 2.24) is 0 Å². The van der Waals surface area contributed by atoms with E-state index in [1.54, 1.807) is 43.3 Å². The Bertz CT molecular complexity index is 443. The summed E-state index contributed by atoms with van der Waals surface area (Å²) in [6.07, 6.45) is -0.393. The number of carboxylic acid groups (broad SMARTS) is 2. The number of anilines is 1. The third kappa shape index (κ3) is 4.50. The standard InChI is InChI=1S/C13H17NO5/c1-14(8-9(13(17)18)7-12(15)16)10-3-5-11(19-2)6-4-10/h3-6,9H,7-8H2,1-2H3,(H,15,16)(H,17,18). The van der Waals surface area contributed by atoms with Gasteiger partial charge in [0.15, 0.2) is 0 Å². The predicted molar refractivity (Wildman–Crippen MR) is 69.6 cm³/mol. The van der Waals surface area contributed by atoms with Crippen LogP contribution in [0.5, 0.6) is 5.75 Å². The van der Waals surface area contributed by atoms with Gasteiger partial charge in [-0.3, -0.25) is 9.59 Å². The fourth-order valence-electron chi connectivity index (χ4n) is 1.71. The molecule has 104 valence electrons. The van der Waals surface area contributed by atoms with Gasteiger partial charge in [0, 0.05) is 19.3 Å². The molecule has 0 saturated heterocycles. The van der Waals surface area contributed by atoms with Crippen molar-refractivity contribution in [1.29, 1.82) is 0 Å². The lowest BCUT2D eigenvalue weighted by Crippen LogP contribution is -2.31. The zero-order chi connectivity index (χ0) is 14.4. The van der Waals surface area contributed by atoms with Crippen LogP contribution in [-0.4, -0.2) is 42.9 Å². The summed E-state index contributed by atoms with van der Waals surface area (Å²) in [4.78, 5) is 23.3. The number of carbonyl (C=O) groups is 2. The highest BCUT2D eigenvalue weighted by Crippen LogP contribution is 2.19. The fraction of sp³-hybridized carbons (Fsp3) is 0.385. The Hall–Kier alpha value is -2.24. The fourth-order valence-corrected chi connectivity index (χ4v) is 1.71. The number of aliphatic carboxylic acids is 2. The minimum Gasteiger partial charge on any atom is -0.497 e.